The Morgan fingerprint density at radius 1 is 1.22 bits per heavy atom. The van der Waals surface area contributed by atoms with Gasteiger partial charge in [-0.05, 0) is 49.3 Å². The van der Waals surface area contributed by atoms with Crippen LogP contribution in [-0.2, 0) is 0 Å². The molecule has 0 aromatic heterocycles. The van der Waals surface area contributed by atoms with Crippen molar-refractivity contribution in [3.05, 3.63) is 23.8 Å². The second-order valence-electron chi connectivity index (χ2n) is 5.64. The third kappa shape index (κ3) is 3.16. The lowest BCUT2D eigenvalue weighted by Gasteiger charge is -2.20. The summed E-state index contributed by atoms with van der Waals surface area (Å²) in [5, 5.41) is 22.5. The first kappa shape index (κ1) is 13.2. The molecule has 18 heavy (non-hydrogen) atoms. The van der Waals surface area contributed by atoms with Gasteiger partial charge in [-0.25, -0.2) is 0 Å². The van der Waals surface area contributed by atoms with E-state index in [1.807, 2.05) is 0 Å². The van der Waals surface area contributed by atoms with Gasteiger partial charge < -0.3 is 15.5 Å². The van der Waals surface area contributed by atoms with Gasteiger partial charge in [0.15, 0.2) is 0 Å². The molecule has 0 bridgehead atoms. The van der Waals surface area contributed by atoms with E-state index in [1.165, 1.54) is 31.7 Å². The van der Waals surface area contributed by atoms with Gasteiger partial charge in [0.05, 0.1) is 0 Å². The van der Waals surface area contributed by atoms with Crippen LogP contribution >= 0.6 is 0 Å². The summed E-state index contributed by atoms with van der Waals surface area (Å²) in [6, 6.07) is 4.92. The number of aromatic hydroxyl groups is 2. The van der Waals surface area contributed by atoms with E-state index in [-0.39, 0.29) is 17.5 Å². The minimum Gasteiger partial charge on any atom is -0.508 e. The maximum absolute atomic E-state index is 9.48. The van der Waals surface area contributed by atoms with Crippen LogP contribution < -0.4 is 5.32 Å². The predicted octanol–water partition coefficient (Wildman–Crippen LogP) is 3.33. The molecule has 1 aromatic carbocycles. The minimum absolute atomic E-state index is 0.119. The molecular weight excluding hydrogens is 226 g/mol. The maximum Gasteiger partial charge on any atom is 0.119 e. The van der Waals surface area contributed by atoms with E-state index >= 15 is 0 Å². The summed E-state index contributed by atoms with van der Waals surface area (Å²) in [6.45, 7) is 5.32. The average molecular weight is 249 g/mol. The van der Waals surface area contributed by atoms with Gasteiger partial charge in [0.2, 0.25) is 0 Å². The number of phenolic OH excluding ortho intramolecular Hbond substituents is 2. The molecule has 1 aliphatic carbocycles. The van der Waals surface area contributed by atoms with Crippen molar-refractivity contribution in [2.45, 2.75) is 45.6 Å². The van der Waals surface area contributed by atoms with E-state index < -0.39 is 0 Å². The molecule has 0 saturated heterocycles. The molecule has 0 amide bonds. The molecule has 1 fully saturated rings. The summed E-state index contributed by atoms with van der Waals surface area (Å²) in [5.41, 5.74) is 1.45. The van der Waals surface area contributed by atoms with Gasteiger partial charge in [0.25, 0.3) is 0 Å². The molecule has 2 rings (SSSR count). The van der Waals surface area contributed by atoms with Crippen molar-refractivity contribution >= 4 is 0 Å². The van der Waals surface area contributed by atoms with Crippen molar-refractivity contribution < 1.29 is 10.2 Å². The molecule has 3 nitrogen and oxygen atoms in total. The fourth-order valence-corrected chi connectivity index (χ4v) is 2.58. The molecule has 3 heteroatoms. The van der Waals surface area contributed by atoms with E-state index in [0.717, 1.165) is 12.1 Å². The van der Waals surface area contributed by atoms with Crippen LogP contribution in [0.3, 0.4) is 0 Å². The molecule has 0 heterocycles. The van der Waals surface area contributed by atoms with E-state index in [1.54, 1.807) is 12.1 Å². The van der Waals surface area contributed by atoms with Crippen molar-refractivity contribution in [3.63, 3.8) is 0 Å². The first-order valence-corrected chi connectivity index (χ1v) is 6.81. The van der Waals surface area contributed by atoms with E-state index in [0.29, 0.717) is 5.41 Å². The van der Waals surface area contributed by atoms with E-state index in [2.05, 4.69) is 19.2 Å². The van der Waals surface area contributed by atoms with Crippen molar-refractivity contribution in [1.29, 1.82) is 0 Å². The Labute approximate surface area is 109 Å². The van der Waals surface area contributed by atoms with Crippen LogP contribution in [0.4, 0.5) is 0 Å². The minimum atomic E-state index is 0.119. The van der Waals surface area contributed by atoms with Crippen molar-refractivity contribution in [2.75, 3.05) is 6.54 Å². The average Bonchev–Trinajstić information content (AvgIpc) is 3.06. The molecular formula is C15H23NO2. The first-order valence-electron chi connectivity index (χ1n) is 6.81. The van der Waals surface area contributed by atoms with Crippen LogP contribution in [-0.4, -0.2) is 16.8 Å². The van der Waals surface area contributed by atoms with Gasteiger partial charge in [-0.1, -0.05) is 13.3 Å². The molecule has 1 saturated carbocycles. The van der Waals surface area contributed by atoms with Crippen molar-refractivity contribution in [3.8, 4) is 11.5 Å². The second-order valence-corrected chi connectivity index (χ2v) is 5.64. The fraction of sp³-hybridized carbons (Fsp3) is 0.600. The standard InChI is InChI=1S/C15H23NO2/c1-3-4-15(5-6-15)10-16-11(2)12-7-13(17)9-14(18)8-12/h7-9,11,16-18H,3-6,10H2,1-2H3. The number of benzene rings is 1. The van der Waals surface area contributed by atoms with Crippen LogP contribution in [0.2, 0.25) is 0 Å². The molecule has 1 aromatic rings. The van der Waals surface area contributed by atoms with Crippen molar-refractivity contribution in [2.24, 2.45) is 5.41 Å². The number of hydrogen-bond acceptors (Lipinski definition) is 3. The maximum atomic E-state index is 9.48. The predicted molar refractivity (Wildman–Crippen MR) is 72.8 cm³/mol. The lowest BCUT2D eigenvalue weighted by Crippen LogP contribution is -2.26. The normalized spacial score (nSPS) is 18.6. The summed E-state index contributed by atoms with van der Waals surface area (Å²) in [4.78, 5) is 0. The Morgan fingerprint density at radius 2 is 1.83 bits per heavy atom. The molecule has 1 atom stereocenters. The number of rotatable bonds is 6. The second kappa shape index (κ2) is 5.19. The Hall–Kier alpha value is -1.22. The lowest BCUT2D eigenvalue weighted by atomic mass is 9.99. The third-order valence-corrected chi connectivity index (χ3v) is 3.95. The van der Waals surface area contributed by atoms with Crippen LogP contribution in [0, 0.1) is 5.41 Å². The molecule has 0 radical (unpaired) electrons. The summed E-state index contributed by atoms with van der Waals surface area (Å²) >= 11 is 0. The Balaban J connectivity index is 1.93. The molecule has 1 unspecified atom stereocenters. The summed E-state index contributed by atoms with van der Waals surface area (Å²) in [5.74, 6) is 0.238. The molecule has 0 spiro atoms. The fourth-order valence-electron chi connectivity index (χ4n) is 2.58. The van der Waals surface area contributed by atoms with Crippen molar-refractivity contribution in [1.82, 2.24) is 5.32 Å². The Kier molecular flexibility index (Phi) is 3.81. The van der Waals surface area contributed by atoms with E-state index in [9.17, 15) is 10.2 Å². The Morgan fingerprint density at radius 3 is 2.33 bits per heavy atom. The zero-order valence-electron chi connectivity index (χ0n) is 11.2. The van der Waals surface area contributed by atoms with Crippen LogP contribution in [0.15, 0.2) is 18.2 Å². The largest absolute Gasteiger partial charge is 0.508 e. The van der Waals surface area contributed by atoms with Crippen LogP contribution in [0.5, 0.6) is 11.5 Å². The SMILES string of the molecule is CCCC1(CNC(C)c2cc(O)cc(O)c2)CC1. The highest BCUT2D eigenvalue weighted by Crippen LogP contribution is 2.49. The first-order chi connectivity index (χ1) is 8.54. The monoisotopic (exact) mass is 249 g/mol. The topological polar surface area (TPSA) is 52.5 Å². The highest BCUT2D eigenvalue weighted by molar-refractivity contribution is 5.37. The summed E-state index contributed by atoms with van der Waals surface area (Å²) in [7, 11) is 0. The highest BCUT2D eigenvalue weighted by Gasteiger charge is 2.41. The zero-order chi connectivity index (χ0) is 13.2. The number of phenols is 2. The molecule has 1 aliphatic rings. The van der Waals surface area contributed by atoms with Gasteiger partial charge in [-0.3, -0.25) is 0 Å². The lowest BCUT2D eigenvalue weighted by molar-refractivity contribution is 0.395. The summed E-state index contributed by atoms with van der Waals surface area (Å²) < 4.78 is 0. The van der Waals surface area contributed by atoms with Gasteiger partial charge in [-0.15, -0.1) is 0 Å². The zero-order valence-corrected chi connectivity index (χ0v) is 11.2. The van der Waals surface area contributed by atoms with Crippen LogP contribution in [0.25, 0.3) is 0 Å². The van der Waals surface area contributed by atoms with Gasteiger partial charge in [0, 0.05) is 18.7 Å². The number of nitrogens with one attached hydrogen (secondary N) is 1. The quantitative estimate of drug-likeness (QED) is 0.725. The van der Waals surface area contributed by atoms with Gasteiger partial charge in [0.1, 0.15) is 11.5 Å². The van der Waals surface area contributed by atoms with Gasteiger partial charge in [-0.2, -0.15) is 0 Å². The van der Waals surface area contributed by atoms with Gasteiger partial charge >= 0.3 is 0 Å². The molecule has 0 aliphatic heterocycles. The molecule has 3 N–H and O–H groups in total. The molecule has 100 valence electrons. The Bertz CT molecular complexity index is 393. The highest BCUT2D eigenvalue weighted by atomic mass is 16.3. The summed E-state index contributed by atoms with van der Waals surface area (Å²) in [6.07, 6.45) is 5.18. The van der Waals surface area contributed by atoms with Crippen LogP contribution in [0.1, 0.15) is 51.1 Å². The third-order valence-electron chi connectivity index (χ3n) is 3.95. The smallest absolute Gasteiger partial charge is 0.119 e. The van der Waals surface area contributed by atoms with E-state index in [4.69, 9.17) is 0 Å². The number of hydrogen-bond donors (Lipinski definition) is 3.